The van der Waals surface area contributed by atoms with Gasteiger partial charge in [0, 0.05) is 24.0 Å². The Bertz CT molecular complexity index is 1340. The Kier molecular flexibility index (Phi) is 6.59. The summed E-state index contributed by atoms with van der Waals surface area (Å²) in [6.07, 6.45) is -0.0896. The zero-order valence-corrected chi connectivity index (χ0v) is 20.0. The number of pyridine rings is 1. The smallest absolute Gasteiger partial charge is 0.161 e. The van der Waals surface area contributed by atoms with Gasteiger partial charge in [0.25, 0.3) is 0 Å². The molecule has 1 aliphatic rings. The van der Waals surface area contributed by atoms with Crippen LogP contribution in [0.5, 0.6) is 28.7 Å². The van der Waals surface area contributed by atoms with Gasteiger partial charge in [0.2, 0.25) is 0 Å². The fourth-order valence-corrected chi connectivity index (χ4v) is 4.28. The van der Waals surface area contributed by atoms with Gasteiger partial charge in [-0.25, -0.2) is 4.98 Å². The molecule has 0 radical (unpaired) electrons. The lowest BCUT2D eigenvalue weighted by Gasteiger charge is -2.26. The van der Waals surface area contributed by atoms with Crippen LogP contribution in [0.1, 0.15) is 5.56 Å². The molecule has 1 aliphatic heterocycles. The standard InChI is InChI=1S/C28H28N2O5/c1-31-20-8-6-7-18(13-20)27-19(14-22-23(32-2)11-12-26(33-3)28(22)30-27)15-29-16-21-17-34-24-9-4-5-10-25(24)35-21/h4-14,21,29H,15-17H2,1-3H3. The van der Waals surface area contributed by atoms with Crippen LogP contribution in [0.4, 0.5) is 0 Å². The van der Waals surface area contributed by atoms with Crippen molar-refractivity contribution in [3.8, 4) is 40.0 Å². The number of benzene rings is 3. The molecule has 0 aliphatic carbocycles. The molecule has 5 rings (SSSR count). The van der Waals surface area contributed by atoms with E-state index in [2.05, 4.69) is 11.4 Å². The molecule has 180 valence electrons. The summed E-state index contributed by atoms with van der Waals surface area (Å²) in [6, 6.07) is 21.5. The molecule has 0 fully saturated rings. The molecule has 7 nitrogen and oxygen atoms in total. The molecule has 0 spiro atoms. The fourth-order valence-electron chi connectivity index (χ4n) is 4.28. The highest BCUT2D eigenvalue weighted by atomic mass is 16.6. The monoisotopic (exact) mass is 472 g/mol. The van der Waals surface area contributed by atoms with E-state index in [-0.39, 0.29) is 6.10 Å². The molecule has 0 saturated carbocycles. The number of para-hydroxylation sites is 2. The molecule has 1 unspecified atom stereocenters. The molecule has 7 heteroatoms. The second-order valence-electron chi connectivity index (χ2n) is 8.22. The minimum absolute atomic E-state index is 0.0896. The normalized spacial score (nSPS) is 14.5. The van der Waals surface area contributed by atoms with Crippen molar-refractivity contribution in [2.45, 2.75) is 12.6 Å². The van der Waals surface area contributed by atoms with Crippen molar-refractivity contribution in [2.75, 3.05) is 34.5 Å². The molecule has 0 saturated heterocycles. The number of hydrogen-bond donors (Lipinski definition) is 1. The number of fused-ring (bicyclic) bond motifs is 2. The van der Waals surface area contributed by atoms with Crippen LogP contribution in [-0.4, -0.2) is 45.6 Å². The van der Waals surface area contributed by atoms with E-state index in [1.165, 1.54) is 0 Å². The van der Waals surface area contributed by atoms with E-state index in [4.69, 9.17) is 28.7 Å². The van der Waals surface area contributed by atoms with Crippen molar-refractivity contribution < 1.29 is 23.7 Å². The average molecular weight is 473 g/mol. The summed E-state index contributed by atoms with van der Waals surface area (Å²) >= 11 is 0. The highest BCUT2D eigenvalue weighted by molar-refractivity contribution is 5.93. The van der Waals surface area contributed by atoms with Crippen molar-refractivity contribution in [1.29, 1.82) is 0 Å². The number of aromatic nitrogens is 1. The van der Waals surface area contributed by atoms with Crippen LogP contribution in [0.2, 0.25) is 0 Å². The van der Waals surface area contributed by atoms with Gasteiger partial charge >= 0.3 is 0 Å². The first-order valence-electron chi connectivity index (χ1n) is 11.5. The van der Waals surface area contributed by atoms with Crippen LogP contribution in [0.15, 0.2) is 66.7 Å². The van der Waals surface area contributed by atoms with Gasteiger partial charge in [0.05, 0.1) is 27.0 Å². The molecular formula is C28H28N2O5. The first kappa shape index (κ1) is 22.8. The van der Waals surface area contributed by atoms with Crippen LogP contribution < -0.4 is 29.0 Å². The van der Waals surface area contributed by atoms with Gasteiger partial charge in [-0.2, -0.15) is 0 Å². The maximum Gasteiger partial charge on any atom is 0.161 e. The zero-order valence-electron chi connectivity index (χ0n) is 20.0. The zero-order chi connectivity index (χ0) is 24.2. The molecule has 3 aromatic carbocycles. The summed E-state index contributed by atoms with van der Waals surface area (Å²) in [5.41, 5.74) is 3.57. The van der Waals surface area contributed by atoms with Gasteiger partial charge in [0.1, 0.15) is 35.5 Å². The summed E-state index contributed by atoms with van der Waals surface area (Å²) in [7, 11) is 4.97. The molecule has 35 heavy (non-hydrogen) atoms. The number of rotatable bonds is 8. The summed E-state index contributed by atoms with van der Waals surface area (Å²) in [6.45, 7) is 1.70. The SMILES string of the molecule is COc1cccc(-c2nc3c(OC)ccc(OC)c3cc2CNCC2COc3ccccc3O2)c1. The average Bonchev–Trinajstić information content (AvgIpc) is 2.92. The quantitative estimate of drug-likeness (QED) is 0.393. The number of nitrogens with one attached hydrogen (secondary N) is 1. The number of hydrogen-bond acceptors (Lipinski definition) is 7. The van der Waals surface area contributed by atoms with Gasteiger partial charge < -0.3 is 29.0 Å². The maximum absolute atomic E-state index is 6.10. The first-order chi connectivity index (χ1) is 17.2. The minimum atomic E-state index is -0.0896. The van der Waals surface area contributed by atoms with Gasteiger partial charge in [-0.05, 0) is 48.0 Å². The highest BCUT2D eigenvalue weighted by Gasteiger charge is 2.21. The topological polar surface area (TPSA) is 71.1 Å². The Morgan fingerprint density at radius 3 is 2.49 bits per heavy atom. The second-order valence-corrected chi connectivity index (χ2v) is 8.22. The fraction of sp³-hybridized carbons (Fsp3) is 0.250. The second kappa shape index (κ2) is 10.1. The van der Waals surface area contributed by atoms with E-state index in [0.717, 1.165) is 50.7 Å². The molecule has 2 heterocycles. The van der Waals surface area contributed by atoms with E-state index in [9.17, 15) is 0 Å². The molecule has 0 amide bonds. The minimum Gasteiger partial charge on any atom is -0.497 e. The van der Waals surface area contributed by atoms with Crippen molar-refractivity contribution >= 4 is 10.9 Å². The van der Waals surface area contributed by atoms with Crippen LogP contribution in [-0.2, 0) is 6.54 Å². The van der Waals surface area contributed by atoms with E-state index < -0.39 is 0 Å². The number of methoxy groups -OCH3 is 3. The Morgan fingerprint density at radius 1 is 0.886 bits per heavy atom. The van der Waals surface area contributed by atoms with Crippen LogP contribution in [0.3, 0.4) is 0 Å². The van der Waals surface area contributed by atoms with Gasteiger partial charge in [-0.1, -0.05) is 24.3 Å². The Labute approximate surface area is 204 Å². The summed E-state index contributed by atoms with van der Waals surface area (Å²) < 4.78 is 28.6. The van der Waals surface area contributed by atoms with Crippen molar-refractivity contribution in [1.82, 2.24) is 10.3 Å². The predicted octanol–water partition coefficient (Wildman–Crippen LogP) is 4.86. The maximum atomic E-state index is 6.10. The Morgan fingerprint density at radius 2 is 1.69 bits per heavy atom. The molecule has 0 bridgehead atoms. The number of nitrogens with zero attached hydrogens (tertiary/aromatic N) is 1. The predicted molar refractivity (Wildman–Crippen MR) is 135 cm³/mol. The Balaban J connectivity index is 1.46. The van der Waals surface area contributed by atoms with Crippen LogP contribution in [0.25, 0.3) is 22.2 Å². The molecule has 4 aromatic rings. The van der Waals surface area contributed by atoms with E-state index in [1.54, 1.807) is 21.3 Å². The summed E-state index contributed by atoms with van der Waals surface area (Å²) in [5.74, 6) is 3.76. The third kappa shape index (κ3) is 4.68. The van der Waals surface area contributed by atoms with Crippen molar-refractivity contribution in [3.63, 3.8) is 0 Å². The third-order valence-electron chi connectivity index (χ3n) is 6.02. The largest absolute Gasteiger partial charge is 0.497 e. The highest BCUT2D eigenvalue weighted by Crippen LogP contribution is 2.36. The van der Waals surface area contributed by atoms with Crippen molar-refractivity contribution in [2.24, 2.45) is 0 Å². The van der Waals surface area contributed by atoms with E-state index in [0.29, 0.717) is 25.4 Å². The molecular weight excluding hydrogens is 444 g/mol. The third-order valence-corrected chi connectivity index (χ3v) is 6.02. The van der Waals surface area contributed by atoms with Crippen LogP contribution in [0, 0.1) is 0 Å². The Hall–Kier alpha value is -3.97. The van der Waals surface area contributed by atoms with E-state index >= 15 is 0 Å². The van der Waals surface area contributed by atoms with Crippen LogP contribution >= 0.6 is 0 Å². The van der Waals surface area contributed by atoms with Crippen molar-refractivity contribution in [3.05, 3.63) is 72.3 Å². The lowest BCUT2D eigenvalue weighted by atomic mass is 10.0. The summed E-state index contributed by atoms with van der Waals surface area (Å²) in [5, 5.41) is 4.41. The lowest BCUT2D eigenvalue weighted by molar-refractivity contribution is 0.0902. The first-order valence-corrected chi connectivity index (χ1v) is 11.5. The van der Waals surface area contributed by atoms with E-state index in [1.807, 2.05) is 60.7 Å². The molecule has 1 aromatic heterocycles. The van der Waals surface area contributed by atoms with Gasteiger partial charge in [0.15, 0.2) is 11.5 Å². The molecule has 1 N–H and O–H groups in total. The summed E-state index contributed by atoms with van der Waals surface area (Å²) in [4.78, 5) is 5.04. The van der Waals surface area contributed by atoms with Gasteiger partial charge in [-0.15, -0.1) is 0 Å². The molecule has 1 atom stereocenters. The lowest BCUT2D eigenvalue weighted by Crippen LogP contribution is -2.38. The van der Waals surface area contributed by atoms with Gasteiger partial charge in [-0.3, -0.25) is 0 Å². The number of ether oxygens (including phenoxy) is 5.